The predicted molar refractivity (Wildman–Crippen MR) is 115 cm³/mol. The quantitative estimate of drug-likeness (QED) is 0.817. The number of benzene rings is 2. The van der Waals surface area contributed by atoms with E-state index in [1.807, 2.05) is 41.3 Å². The van der Waals surface area contributed by atoms with Gasteiger partial charge in [-0.15, -0.1) is 0 Å². The zero-order valence-electron chi connectivity index (χ0n) is 17.1. The summed E-state index contributed by atoms with van der Waals surface area (Å²) in [5.41, 5.74) is 4.51. The maximum atomic E-state index is 12.9. The van der Waals surface area contributed by atoms with Crippen molar-refractivity contribution in [2.45, 2.75) is 26.3 Å². The van der Waals surface area contributed by atoms with Crippen LogP contribution in [0.5, 0.6) is 0 Å². The zero-order valence-corrected chi connectivity index (χ0v) is 17.1. The standard InChI is InChI=1S/C23H26N4O3/c1-16(28)24-20-6-2-17(3-7-20)15-26-10-12-27(13-11-26)23(30)19-4-8-21-18(14-19)5-9-22(29)25-21/h2-4,6-8,14H,5,9-13,15H2,1H3,(H,24,28)(H,25,29). The van der Waals surface area contributed by atoms with Crippen LogP contribution in [0.25, 0.3) is 0 Å². The van der Waals surface area contributed by atoms with Gasteiger partial charge in [-0.2, -0.15) is 0 Å². The molecular formula is C23H26N4O3. The Labute approximate surface area is 176 Å². The van der Waals surface area contributed by atoms with Crippen LogP contribution in [-0.2, 0) is 22.6 Å². The van der Waals surface area contributed by atoms with Crippen LogP contribution in [0, 0.1) is 0 Å². The first kappa shape index (κ1) is 20.1. The highest BCUT2D eigenvalue weighted by molar-refractivity contribution is 5.98. The van der Waals surface area contributed by atoms with E-state index in [1.54, 1.807) is 6.07 Å². The zero-order chi connectivity index (χ0) is 21.1. The van der Waals surface area contributed by atoms with Gasteiger partial charge in [0, 0.05) is 63.0 Å². The van der Waals surface area contributed by atoms with Crippen molar-refractivity contribution in [2.24, 2.45) is 0 Å². The predicted octanol–water partition coefficient (Wildman–Crippen LogP) is 2.49. The summed E-state index contributed by atoms with van der Waals surface area (Å²) in [6.45, 7) is 5.34. The van der Waals surface area contributed by atoms with Gasteiger partial charge < -0.3 is 15.5 Å². The molecule has 4 rings (SSSR count). The molecule has 2 aliphatic heterocycles. The van der Waals surface area contributed by atoms with Gasteiger partial charge in [-0.1, -0.05) is 12.1 Å². The molecule has 2 aromatic carbocycles. The summed E-state index contributed by atoms with van der Waals surface area (Å²) >= 11 is 0. The summed E-state index contributed by atoms with van der Waals surface area (Å²) in [4.78, 5) is 39.8. The fraction of sp³-hybridized carbons (Fsp3) is 0.348. The molecule has 2 N–H and O–H groups in total. The highest BCUT2D eigenvalue weighted by Crippen LogP contribution is 2.24. The number of hydrogen-bond acceptors (Lipinski definition) is 4. The number of rotatable bonds is 4. The van der Waals surface area contributed by atoms with E-state index in [9.17, 15) is 14.4 Å². The molecule has 0 aliphatic carbocycles. The van der Waals surface area contributed by atoms with Gasteiger partial charge in [0.2, 0.25) is 11.8 Å². The van der Waals surface area contributed by atoms with Gasteiger partial charge >= 0.3 is 0 Å². The molecule has 2 heterocycles. The molecule has 3 amide bonds. The maximum absolute atomic E-state index is 12.9. The molecule has 0 radical (unpaired) electrons. The van der Waals surface area contributed by atoms with E-state index in [4.69, 9.17) is 0 Å². The maximum Gasteiger partial charge on any atom is 0.253 e. The van der Waals surface area contributed by atoms with Gasteiger partial charge in [-0.25, -0.2) is 0 Å². The summed E-state index contributed by atoms with van der Waals surface area (Å²) in [6, 6.07) is 13.4. The van der Waals surface area contributed by atoms with Crippen molar-refractivity contribution in [3.8, 4) is 0 Å². The number of fused-ring (bicyclic) bond motifs is 1. The lowest BCUT2D eigenvalue weighted by Crippen LogP contribution is -2.48. The van der Waals surface area contributed by atoms with Crippen LogP contribution in [0.15, 0.2) is 42.5 Å². The van der Waals surface area contributed by atoms with Crippen molar-refractivity contribution in [3.05, 3.63) is 59.2 Å². The third-order valence-electron chi connectivity index (χ3n) is 5.59. The lowest BCUT2D eigenvalue weighted by atomic mass is 10.00. The highest BCUT2D eigenvalue weighted by atomic mass is 16.2. The molecule has 2 aliphatic rings. The van der Waals surface area contributed by atoms with Crippen LogP contribution < -0.4 is 10.6 Å². The first-order valence-electron chi connectivity index (χ1n) is 10.3. The molecule has 156 valence electrons. The van der Waals surface area contributed by atoms with Crippen LogP contribution in [0.2, 0.25) is 0 Å². The van der Waals surface area contributed by atoms with E-state index in [2.05, 4.69) is 15.5 Å². The largest absolute Gasteiger partial charge is 0.336 e. The van der Waals surface area contributed by atoms with Gasteiger partial charge in [0.25, 0.3) is 5.91 Å². The molecule has 1 saturated heterocycles. The first-order chi connectivity index (χ1) is 14.5. The molecule has 0 atom stereocenters. The third kappa shape index (κ3) is 4.68. The van der Waals surface area contributed by atoms with Crippen LogP contribution in [0.3, 0.4) is 0 Å². The molecule has 30 heavy (non-hydrogen) atoms. The second-order valence-corrected chi connectivity index (χ2v) is 7.87. The van der Waals surface area contributed by atoms with Crippen LogP contribution in [-0.4, -0.2) is 53.7 Å². The summed E-state index contributed by atoms with van der Waals surface area (Å²) < 4.78 is 0. The number of amides is 3. The Bertz CT molecular complexity index is 963. The molecule has 7 heteroatoms. The molecule has 0 aromatic heterocycles. The van der Waals surface area contributed by atoms with E-state index in [1.165, 1.54) is 12.5 Å². The molecule has 2 aromatic rings. The number of nitrogens with one attached hydrogen (secondary N) is 2. The van der Waals surface area contributed by atoms with E-state index in [0.717, 1.165) is 36.6 Å². The van der Waals surface area contributed by atoms with Gasteiger partial charge in [0.05, 0.1) is 0 Å². The van der Waals surface area contributed by atoms with Crippen molar-refractivity contribution >= 4 is 29.1 Å². The number of piperazine rings is 1. The summed E-state index contributed by atoms with van der Waals surface area (Å²) in [5.74, 6) is 0.00341. The van der Waals surface area contributed by atoms with Crippen LogP contribution in [0.4, 0.5) is 11.4 Å². The smallest absolute Gasteiger partial charge is 0.253 e. The minimum absolute atomic E-state index is 0.0300. The number of aryl methyl sites for hydroxylation is 1. The molecule has 7 nitrogen and oxygen atoms in total. The summed E-state index contributed by atoms with van der Waals surface area (Å²) in [5, 5.41) is 5.63. The van der Waals surface area contributed by atoms with Crippen LogP contribution in [0.1, 0.15) is 34.8 Å². The second-order valence-electron chi connectivity index (χ2n) is 7.87. The number of hydrogen-bond donors (Lipinski definition) is 2. The lowest BCUT2D eigenvalue weighted by molar-refractivity contribution is -0.116. The van der Waals surface area contributed by atoms with Crippen LogP contribution >= 0.6 is 0 Å². The highest BCUT2D eigenvalue weighted by Gasteiger charge is 2.23. The number of anilines is 2. The average molecular weight is 406 g/mol. The topological polar surface area (TPSA) is 81.8 Å². The van der Waals surface area contributed by atoms with Crippen molar-refractivity contribution in [2.75, 3.05) is 36.8 Å². The molecule has 0 spiro atoms. The molecule has 1 fully saturated rings. The Kier molecular flexibility index (Phi) is 5.81. The van der Waals surface area contributed by atoms with Gasteiger partial charge in [-0.3, -0.25) is 19.3 Å². The molecular weight excluding hydrogens is 380 g/mol. The average Bonchev–Trinajstić information content (AvgIpc) is 2.74. The summed E-state index contributed by atoms with van der Waals surface area (Å²) in [6.07, 6.45) is 1.14. The molecule has 0 bridgehead atoms. The van der Waals surface area contributed by atoms with Crippen molar-refractivity contribution < 1.29 is 14.4 Å². The summed E-state index contributed by atoms with van der Waals surface area (Å²) in [7, 11) is 0. The Hall–Kier alpha value is -3.19. The first-order valence-corrected chi connectivity index (χ1v) is 10.3. The lowest BCUT2D eigenvalue weighted by Gasteiger charge is -2.35. The van der Waals surface area contributed by atoms with E-state index in [-0.39, 0.29) is 17.7 Å². The van der Waals surface area contributed by atoms with Gasteiger partial charge in [-0.05, 0) is 47.9 Å². The Balaban J connectivity index is 1.31. The monoisotopic (exact) mass is 406 g/mol. The minimum atomic E-state index is -0.0767. The number of carbonyl (C=O) groups is 3. The Morgan fingerprint density at radius 3 is 2.43 bits per heavy atom. The Morgan fingerprint density at radius 1 is 1.00 bits per heavy atom. The normalized spacial score (nSPS) is 16.6. The van der Waals surface area contributed by atoms with E-state index >= 15 is 0 Å². The Morgan fingerprint density at radius 2 is 1.73 bits per heavy atom. The fourth-order valence-corrected chi connectivity index (χ4v) is 3.96. The fourth-order valence-electron chi connectivity index (χ4n) is 3.96. The second kappa shape index (κ2) is 8.67. The SMILES string of the molecule is CC(=O)Nc1ccc(CN2CCN(C(=O)c3ccc4c(c3)CCC(=O)N4)CC2)cc1. The third-order valence-corrected chi connectivity index (χ3v) is 5.59. The van der Waals surface area contributed by atoms with E-state index in [0.29, 0.717) is 31.5 Å². The molecule has 0 unspecified atom stereocenters. The van der Waals surface area contributed by atoms with Crippen molar-refractivity contribution in [3.63, 3.8) is 0 Å². The number of carbonyl (C=O) groups excluding carboxylic acids is 3. The van der Waals surface area contributed by atoms with Gasteiger partial charge in [0.15, 0.2) is 0 Å². The van der Waals surface area contributed by atoms with Crippen molar-refractivity contribution in [1.29, 1.82) is 0 Å². The minimum Gasteiger partial charge on any atom is -0.336 e. The molecule has 0 saturated carbocycles. The van der Waals surface area contributed by atoms with Gasteiger partial charge in [0.1, 0.15) is 0 Å². The van der Waals surface area contributed by atoms with E-state index < -0.39 is 0 Å². The van der Waals surface area contributed by atoms with Crippen molar-refractivity contribution in [1.82, 2.24) is 9.80 Å². The number of nitrogens with zero attached hydrogens (tertiary/aromatic N) is 2.